The number of hydrogen-bond acceptors (Lipinski definition) is 8. The minimum absolute atomic E-state index is 0.0304. The molecule has 0 atom stereocenters. The molecule has 0 N–H and O–H groups in total. The lowest BCUT2D eigenvalue weighted by Gasteiger charge is -2.10. The van der Waals surface area contributed by atoms with Gasteiger partial charge in [-0.15, -0.1) is 5.10 Å². The molecule has 0 saturated carbocycles. The highest BCUT2D eigenvalue weighted by Crippen LogP contribution is 2.15. The zero-order valence-electron chi connectivity index (χ0n) is 13.6. The molecular weight excluding hydrogens is 332 g/mol. The van der Waals surface area contributed by atoms with Gasteiger partial charge in [-0.3, -0.25) is 9.59 Å². The average molecular weight is 350 g/mol. The van der Waals surface area contributed by atoms with Crippen LogP contribution in [0.5, 0.6) is 5.75 Å². The number of carbonyl (C=O) groups excluding carboxylic acids is 2. The lowest BCUT2D eigenvalue weighted by atomic mass is 10.1. The lowest BCUT2D eigenvalue weighted by molar-refractivity contribution is -0.139. The standard InChI is InChI=1S/C15H18N4O4S/c1-10(2)23-12-6-4-11(5-7-12)13(20)8-22-14(21)9-24-15-16-17-18-19(15)3/h4-7,10H,8-9H2,1-3H3. The SMILES string of the molecule is CC(C)Oc1ccc(C(=O)COC(=O)CSc2nnnn2C)cc1. The topological polar surface area (TPSA) is 96.2 Å². The summed E-state index contributed by atoms with van der Waals surface area (Å²) < 4.78 is 11.9. The van der Waals surface area contributed by atoms with Gasteiger partial charge in [0.15, 0.2) is 12.4 Å². The van der Waals surface area contributed by atoms with Crippen molar-refractivity contribution in [3.05, 3.63) is 29.8 Å². The fourth-order valence-corrected chi connectivity index (χ4v) is 2.38. The number of aromatic nitrogens is 4. The van der Waals surface area contributed by atoms with Crippen molar-refractivity contribution in [3.8, 4) is 5.75 Å². The number of carbonyl (C=O) groups is 2. The molecule has 2 aromatic rings. The number of rotatable bonds is 8. The zero-order valence-corrected chi connectivity index (χ0v) is 14.4. The molecule has 0 saturated heterocycles. The molecule has 0 unspecified atom stereocenters. The summed E-state index contributed by atoms with van der Waals surface area (Å²) in [6.45, 7) is 3.54. The van der Waals surface area contributed by atoms with Gasteiger partial charge < -0.3 is 9.47 Å². The van der Waals surface area contributed by atoms with Crippen molar-refractivity contribution >= 4 is 23.5 Å². The predicted molar refractivity (Wildman–Crippen MR) is 87.0 cm³/mol. The Morgan fingerprint density at radius 2 is 1.96 bits per heavy atom. The number of thioether (sulfide) groups is 1. The van der Waals surface area contributed by atoms with Crippen molar-refractivity contribution in [3.63, 3.8) is 0 Å². The van der Waals surface area contributed by atoms with E-state index in [2.05, 4.69) is 15.5 Å². The predicted octanol–water partition coefficient (Wildman–Crippen LogP) is 1.52. The first kappa shape index (κ1) is 17.9. The highest BCUT2D eigenvalue weighted by molar-refractivity contribution is 7.99. The third-order valence-electron chi connectivity index (χ3n) is 2.81. The third kappa shape index (κ3) is 5.34. The first-order valence-electron chi connectivity index (χ1n) is 7.26. The fraction of sp³-hybridized carbons (Fsp3) is 0.400. The highest BCUT2D eigenvalue weighted by atomic mass is 32.2. The molecule has 0 bridgehead atoms. The second kappa shape index (κ2) is 8.44. The van der Waals surface area contributed by atoms with Gasteiger partial charge >= 0.3 is 5.97 Å². The number of ether oxygens (including phenoxy) is 2. The van der Waals surface area contributed by atoms with E-state index in [-0.39, 0.29) is 24.2 Å². The molecule has 9 heteroatoms. The van der Waals surface area contributed by atoms with E-state index in [1.54, 1.807) is 31.3 Å². The van der Waals surface area contributed by atoms with Crippen LogP contribution in [0.2, 0.25) is 0 Å². The summed E-state index contributed by atoms with van der Waals surface area (Å²) >= 11 is 1.14. The smallest absolute Gasteiger partial charge is 0.316 e. The zero-order chi connectivity index (χ0) is 17.5. The monoisotopic (exact) mass is 350 g/mol. The van der Waals surface area contributed by atoms with E-state index in [4.69, 9.17) is 9.47 Å². The van der Waals surface area contributed by atoms with Crippen LogP contribution in [0.25, 0.3) is 0 Å². The second-order valence-electron chi connectivity index (χ2n) is 5.15. The Labute approximate surface area is 143 Å². The molecule has 1 aromatic carbocycles. The van der Waals surface area contributed by atoms with E-state index < -0.39 is 5.97 Å². The number of Topliss-reactive ketones (excluding diaryl/α,β-unsaturated/α-hetero) is 1. The summed E-state index contributed by atoms with van der Waals surface area (Å²) in [7, 11) is 1.67. The molecule has 8 nitrogen and oxygen atoms in total. The molecule has 0 aliphatic carbocycles. The van der Waals surface area contributed by atoms with Gasteiger partial charge in [0.2, 0.25) is 5.16 Å². The molecule has 1 heterocycles. The maximum atomic E-state index is 12.0. The van der Waals surface area contributed by atoms with Crippen LogP contribution < -0.4 is 4.74 Å². The minimum Gasteiger partial charge on any atom is -0.491 e. The molecule has 0 spiro atoms. The summed E-state index contributed by atoms with van der Waals surface area (Å²) in [6, 6.07) is 6.72. The summed E-state index contributed by atoms with van der Waals surface area (Å²) in [5.74, 6) is -0.0593. The molecule has 0 fully saturated rings. The molecular formula is C15H18N4O4S. The van der Waals surface area contributed by atoms with Crippen LogP contribution in [0.1, 0.15) is 24.2 Å². The third-order valence-corrected chi connectivity index (χ3v) is 3.80. The molecule has 0 radical (unpaired) electrons. The van der Waals surface area contributed by atoms with Gasteiger partial charge in [-0.25, -0.2) is 4.68 Å². The van der Waals surface area contributed by atoms with Crippen LogP contribution in [0.4, 0.5) is 0 Å². The Hall–Kier alpha value is -2.42. The van der Waals surface area contributed by atoms with Gasteiger partial charge in [0.25, 0.3) is 0 Å². The lowest BCUT2D eigenvalue weighted by Crippen LogP contribution is -2.16. The Kier molecular flexibility index (Phi) is 6.30. The van der Waals surface area contributed by atoms with E-state index in [1.165, 1.54) is 4.68 Å². The van der Waals surface area contributed by atoms with Crippen molar-refractivity contribution in [2.75, 3.05) is 12.4 Å². The fourth-order valence-electron chi connectivity index (χ4n) is 1.73. The molecule has 0 aliphatic heterocycles. The molecule has 24 heavy (non-hydrogen) atoms. The van der Waals surface area contributed by atoms with Crippen molar-refractivity contribution in [1.29, 1.82) is 0 Å². The van der Waals surface area contributed by atoms with Crippen LogP contribution in [0.3, 0.4) is 0 Å². The minimum atomic E-state index is -0.504. The molecule has 0 aliphatic rings. The van der Waals surface area contributed by atoms with Crippen LogP contribution in [0, 0.1) is 0 Å². The van der Waals surface area contributed by atoms with E-state index in [9.17, 15) is 9.59 Å². The Morgan fingerprint density at radius 3 is 2.54 bits per heavy atom. The van der Waals surface area contributed by atoms with Crippen LogP contribution in [0.15, 0.2) is 29.4 Å². The van der Waals surface area contributed by atoms with Gasteiger partial charge in [0, 0.05) is 12.6 Å². The van der Waals surface area contributed by atoms with Gasteiger partial charge in [-0.1, -0.05) is 11.8 Å². The summed E-state index contributed by atoms with van der Waals surface area (Å²) in [5, 5.41) is 11.4. The van der Waals surface area contributed by atoms with Crippen molar-refractivity contribution < 1.29 is 19.1 Å². The van der Waals surface area contributed by atoms with E-state index >= 15 is 0 Å². The van der Waals surface area contributed by atoms with Gasteiger partial charge in [-0.2, -0.15) is 0 Å². The molecule has 1 aromatic heterocycles. The Balaban J connectivity index is 1.77. The van der Waals surface area contributed by atoms with Crippen LogP contribution in [-0.2, 0) is 16.6 Å². The van der Waals surface area contributed by atoms with Crippen LogP contribution >= 0.6 is 11.8 Å². The normalized spacial score (nSPS) is 10.7. The Morgan fingerprint density at radius 1 is 1.25 bits per heavy atom. The molecule has 2 rings (SSSR count). The number of hydrogen-bond donors (Lipinski definition) is 0. The van der Waals surface area contributed by atoms with Gasteiger partial charge in [0.05, 0.1) is 11.9 Å². The first-order valence-corrected chi connectivity index (χ1v) is 8.25. The van der Waals surface area contributed by atoms with Crippen molar-refractivity contribution in [2.24, 2.45) is 7.05 Å². The Bertz CT molecular complexity index is 700. The van der Waals surface area contributed by atoms with Gasteiger partial charge in [0.1, 0.15) is 5.75 Å². The average Bonchev–Trinajstić information content (AvgIpc) is 2.96. The first-order chi connectivity index (χ1) is 11.5. The largest absolute Gasteiger partial charge is 0.491 e. The second-order valence-corrected chi connectivity index (χ2v) is 6.09. The molecule has 128 valence electrons. The van der Waals surface area contributed by atoms with Crippen LogP contribution in [-0.4, -0.2) is 50.4 Å². The number of ketones is 1. The summed E-state index contributed by atoms with van der Waals surface area (Å²) in [4.78, 5) is 23.7. The van der Waals surface area contributed by atoms with Gasteiger partial charge in [-0.05, 0) is 48.5 Å². The maximum Gasteiger partial charge on any atom is 0.316 e. The molecule has 0 amide bonds. The van der Waals surface area contributed by atoms with Crippen molar-refractivity contribution in [1.82, 2.24) is 20.2 Å². The number of tetrazole rings is 1. The number of esters is 1. The number of nitrogens with zero attached hydrogens (tertiary/aromatic N) is 4. The maximum absolute atomic E-state index is 12.0. The summed E-state index contributed by atoms with van der Waals surface area (Å²) in [6.07, 6.45) is 0.0640. The summed E-state index contributed by atoms with van der Waals surface area (Å²) in [5.41, 5.74) is 0.462. The highest BCUT2D eigenvalue weighted by Gasteiger charge is 2.12. The van der Waals surface area contributed by atoms with Crippen molar-refractivity contribution in [2.45, 2.75) is 25.1 Å². The van der Waals surface area contributed by atoms with E-state index in [0.29, 0.717) is 16.5 Å². The quantitative estimate of drug-likeness (QED) is 0.402. The van der Waals surface area contributed by atoms with E-state index in [0.717, 1.165) is 11.8 Å². The van der Waals surface area contributed by atoms with E-state index in [1.807, 2.05) is 13.8 Å². The number of benzene rings is 1. The number of aryl methyl sites for hydroxylation is 1.